The van der Waals surface area contributed by atoms with E-state index in [1.807, 2.05) is 32.0 Å². The summed E-state index contributed by atoms with van der Waals surface area (Å²) < 4.78 is 5.98. The van der Waals surface area contributed by atoms with Crippen molar-refractivity contribution in [1.29, 1.82) is 0 Å². The van der Waals surface area contributed by atoms with E-state index in [4.69, 9.17) is 4.74 Å². The van der Waals surface area contributed by atoms with Crippen LogP contribution in [0.1, 0.15) is 106 Å². The van der Waals surface area contributed by atoms with Gasteiger partial charge in [-0.25, -0.2) is 9.97 Å². The Kier molecular flexibility index (Phi) is 14.0. The highest BCUT2D eigenvalue weighted by Crippen LogP contribution is 2.38. The summed E-state index contributed by atoms with van der Waals surface area (Å²) in [5.74, 6) is 2.16. The molecule has 0 saturated heterocycles. The summed E-state index contributed by atoms with van der Waals surface area (Å²) in [4.78, 5) is 33.8. The number of amides is 2. The average Bonchev–Trinajstić information content (AvgIpc) is 3.17. The number of carbonyl (C=O) groups excluding carboxylic acids is 2. The lowest BCUT2D eigenvalue weighted by Gasteiger charge is -2.37. The van der Waals surface area contributed by atoms with E-state index in [-0.39, 0.29) is 17.4 Å². The maximum atomic E-state index is 12.0. The molecule has 0 spiro atoms. The molecule has 5 rings (SSSR count). The van der Waals surface area contributed by atoms with Crippen LogP contribution in [-0.2, 0) is 27.8 Å². The Morgan fingerprint density at radius 1 is 1.00 bits per heavy atom. The molecule has 2 amide bonds. The predicted octanol–water partition coefficient (Wildman–Crippen LogP) is 9.22. The fourth-order valence-electron chi connectivity index (χ4n) is 7.71. The number of hydrogen-bond acceptors (Lipinski definition) is 7. The van der Waals surface area contributed by atoms with Gasteiger partial charge in [0.25, 0.3) is 0 Å². The van der Waals surface area contributed by atoms with Gasteiger partial charge in [-0.05, 0) is 130 Å². The molecule has 1 saturated carbocycles. The van der Waals surface area contributed by atoms with Crippen LogP contribution >= 0.6 is 0 Å². The molecule has 3 N–H and O–H groups in total. The quantitative estimate of drug-likeness (QED) is 0.0773. The SMILES string of the molecule is C=CNC(=O)CCC(C)N(C=O)C(=C)c1ccc(N[C@H]2C[C@@H](Cc3ccc(CC(CC)(CC)c4ccc(Oc5cnc(C(C)O)nc5)cc4)cc3)C2)cc1C. The lowest BCUT2D eigenvalue weighted by Crippen LogP contribution is -2.36. The van der Waals surface area contributed by atoms with Crippen molar-refractivity contribution in [2.75, 3.05) is 5.32 Å². The maximum Gasteiger partial charge on any atom is 0.223 e. The van der Waals surface area contributed by atoms with Crippen LogP contribution in [0, 0.1) is 12.8 Å². The Labute approximate surface area is 327 Å². The van der Waals surface area contributed by atoms with Crippen LogP contribution in [-0.4, -0.2) is 44.4 Å². The third-order valence-corrected chi connectivity index (χ3v) is 11.3. The van der Waals surface area contributed by atoms with Gasteiger partial charge in [-0.3, -0.25) is 9.59 Å². The molecule has 4 aromatic rings. The maximum absolute atomic E-state index is 12.0. The second-order valence-electron chi connectivity index (χ2n) is 15.1. The van der Waals surface area contributed by atoms with Crippen LogP contribution < -0.4 is 15.4 Å². The van der Waals surface area contributed by atoms with Crippen molar-refractivity contribution in [1.82, 2.24) is 20.2 Å². The van der Waals surface area contributed by atoms with E-state index in [1.54, 1.807) is 24.2 Å². The van der Waals surface area contributed by atoms with Crippen LogP contribution in [0.4, 0.5) is 5.69 Å². The van der Waals surface area contributed by atoms with Crippen molar-refractivity contribution < 1.29 is 19.4 Å². The molecule has 1 aliphatic carbocycles. The zero-order valence-electron chi connectivity index (χ0n) is 33.1. The normalized spacial score (nSPS) is 16.3. The van der Waals surface area contributed by atoms with Gasteiger partial charge in [-0.1, -0.05) is 69.5 Å². The number of nitrogens with zero attached hydrogens (tertiary/aromatic N) is 3. The first-order chi connectivity index (χ1) is 26.5. The number of aliphatic hydroxyl groups excluding tert-OH is 1. The fraction of sp³-hybridized carbons (Fsp3) is 0.391. The molecule has 0 radical (unpaired) electrons. The van der Waals surface area contributed by atoms with Crippen molar-refractivity contribution in [2.45, 2.75) is 110 Å². The molecule has 1 aromatic heterocycles. The highest BCUT2D eigenvalue weighted by molar-refractivity contribution is 5.78. The van der Waals surface area contributed by atoms with Gasteiger partial charge < -0.3 is 25.4 Å². The molecule has 9 nitrogen and oxygen atoms in total. The number of aromatic nitrogens is 2. The Balaban J connectivity index is 1.10. The summed E-state index contributed by atoms with van der Waals surface area (Å²) in [5, 5.41) is 16.0. The summed E-state index contributed by atoms with van der Waals surface area (Å²) in [6.07, 6.45) is 11.8. The topological polar surface area (TPSA) is 117 Å². The van der Waals surface area contributed by atoms with E-state index in [2.05, 4.69) is 96.1 Å². The van der Waals surface area contributed by atoms with Crippen molar-refractivity contribution in [3.05, 3.63) is 132 Å². The third kappa shape index (κ3) is 10.5. The van der Waals surface area contributed by atoms with E-state index in [0.717, 1.165) is 67.5 Å². The summed E-state index contributed by atoms with van der Waals surface area (Å²) in [7, 11) is 0. The third-order valence-electron chi connectivity index (χ3n) is 11.3. The number of benzene rings is 3. The van der Waals surface area contributed by atoms with E-state index in [0.29, 0.717) is 42.1 Å². The van der Waals surface area contributed by atoms with Crippen LogP contribution in [0.15, 0.2) is 98.5 Å². The monoisotopic (exact) mass is 743 g/mol. The minimum absolute atomic E-state index is 0.0236. The molecule has 0 bridgehead atoms. The van der Waals surface area contributed by atoms with Crippen LogP contribution in [0.3, 0.4) is 0 Å². The number of nitrogens with one attached hydrogen (secondary N) is 2. The Hall–Kier alpha value is -5.28. The van der Waals surface area contributed by atoms with E-state index < -0.39 is 6.10 Å². The number of anilines is 1. The zero-order valence-corrected chi connectivity index (χ0v) is 33.1. The van der Waals surface area contributed by atoms with Gasteiger partial charge in [0, 0.05) is 35.5 Å². The van der Waals surface area contributed by atoms with Gasteiger partial charge in [0.2, 0.25) is 12.3 Å². The van der Waals surface area contributed by atoms with E-state index in [1.165, 1.54) is 22.9 Å². The standard InChI is InChI=1S/C46H57N5O4/c1-8-46(9-2,38-16-19-41(20-17-38)55-42-28-48-45(34(7)53)49-29-42)27-36-14-12-35(13-15-36)24-37-25-40(26-37)50-39-18-21-43(31(4)23-39)33(6)51(30-52)32(5)11-22-44(54)47-10-3/h10,12-21,23,28-30,32,34,37,40,50,53H,3,6,8-9,11,22,24-27H2,1-2,4-5,7H3,(H,47,54)/t32?,34?,37-,40+. The Bertz CT molecular complexity index is 1900. The molecule has 1 fully saturated rings. The predicted molar refractivity (Wildman–Crippen MR) is 221 cm³/mol. The smallest absolute Gasteiger partial charge is 0.223 e. The molecular formula is C46H57N5O4. The minimum atomic E-state index is -0.717. The zero-order chi connectivity index (χ0) is 39.5. The van der Waals surface area contributed by atoms with Crippen LogP contribution in [0.2, 0.25) is 0 Å². The second kappa shape index (κ2) is 18.8. The molecule has 0 aliphatic heterocycles. The van der Waals surface area contributed by atoms with Gasteiger partial charge in [-0.2, -0.15) is 0 Å². The summed E-state index contributed by atoms with van der Waals surface area (Å²) in [6, 6.07) is 24.1. The summed E-state index contributed by atoms with van der Waals surface area (Å²) in [6.45, 7) is 17.9. The minimum Gasteiger partial charge on any atom is -0.454 e. The number of hydrogen-bond donors (Lipinski definition) is 3. The lowest BCUT2D eigenvalue weighted by atomic mass is 9.71. The van der Waals surface area contributed by atoms with Gasteiger partial charge >= 0.3 is 0 Å². The lowest BCUT2D eigenvalue weighted by molar-refractivity contribution is -0.121. The van der Waals surface area contributed by atoms with Crippen molar-refractivity contribution in [3.63, 3.8) is 0 Å². The Morgan fingerprint density at radius 3 is 2.24 bits per heavy atom. The fourth-order valence-corrected chi connectivity index (χ4v) is 7.71. The molecule has 9 heteroatoms. The average molecular weight is 744 g/mol. The number of aryl methyl sites for hydroxylation is 1. The van der Waals surface area contributed by atoms with E-state index in [9.17, 15) is 14.7 Å². The molecule has 55 heavy (non-hydrogen) atoms. The van der Waals surface area contributed by atoms with E-state index >= 15 is 0 Å². The number of ether oxygens (including phenoxy) is 1. The van der Waals surface area contributed by atoms with Crippen molar-refractivity contribution >= 4 is 23.7 Å². The van der Waals surface area contributed by atoms with Gasteiger partial charge in [0.05, 0.1) is 12.4 Å². The highest BCUT2D eigenvalue weighted by Gasteiger charge is 2.31. The molecular weight excluding hydrogens is 687 g/mol. The van der Waals surface area contributed by atoms with Crippen LogP contribution in [0.25, 0.3) is 5.70 Å². The highest BCUT2D eigenvalue weighted by atomic mass is 16.5. The largest absolute Gasteiger partial charge is 0.454 e. The number of aliphatic hydroxyl groups is 1. The second-order valence-corrected chi connectivity index (χ2v) is 15.1. The summed E-state index contributed by atoms with van der Waals surface area (Å²) >= 11 is 0. The number of rotatable bonds is 20. The molecule has 1 heterocycles. The first-order valence-electron chi connectivity index (χ1n) is 19.5. The van der Waals surface area contributed by atoms with Crippen LogP contribution in [0.5, 0.6) is 11.5 Å². The number of carbonyl (C=O) groups is 2. The molecule has 1 aliphatic rings. The van der Waals surface area contributed by atoms with Gasteiger partial charge in [0.15, 0.2) is 11.6 Å². The summed E-state index contributed by atoms with van der Waals surface area (Å²) in [5.41, 5.74) is 7.72. The van der Waals surface area contributed by atoms with Crippen molar-refractivity contribution in [3.8, 4) is 11.5 Å². The van der Waals surface area contributed by atoms with Gasteiger partial charge in [0.1, 0.15) is 11.9 Å². The molecule has 290 valence electrons. The van der Waals surface area contributed by atoms with Gasteiger partial charge in [-0.15, -0.1) is 0 Å². The Morgan fingerprint density at radius 2 is 1.65 bits per heavy atom. The molecule has 3 aromatic carbocycles. The first-order valence-corrected chi connectivity index (χ1v) is 19.5. The first kappa shape index (κ1) is 40.9. The molecule has 2 atom stereocenters. The molecule has 2 unspecified atom stereocenters. The van der Waals surface area contributed by atoms with Crippen molar-refractivity contribution in [2.24, 2.45) is 5.92 Å².